The molecule has 9 nitrogen and oxygen atoms in total. The number of hydrogen-bond acceptors (Lipinski definition) is 7. The summed E-state index contributed by atoms with van der Waals surface area (Å²) in [4.78, 5) is 33.0. The van der Waals surface area contributed by atoms with Crippen molar-refractivity contribution < 1.29 is 19.4 Å². The van der Waals surface area contributed by atoms with Crippen LogP contribution in [0.3, 0.4) is 0 Å². The van der Waals surface area contributed by atoms with Crippen LogP contribution in [0.5, 0.6) is 0 Å². The molecule has 144 valence electrons. The van der Waals surface area contributed by atoms with Crippen LogP contribution in [-0.4, -0.2) is 58.4 Å². The SMILES string of the molecule is CC(C)(C)OC(=O)NC1CCN(c2ncc(NCCC(=O)O)cn2)CC1. The number of nitrogens with zero attached hydrogens (tertiary/aromatic N) is 3. The van der Waals surface area contributed by atoms with E-state index >= 15 is 0 Å². The molecule has 9 heteroatoms. The number of carboxylic acid groups (broad SMARTS) is 1. The first-order valence-electron chi connectivity index (χ1n) is 8.75. The summed E-state index contributed by atoms with van der Waals surface area (Å²) in [5.74, 6) is -0.220. The van der Waals surface area contributed by atoms with Crippen LogP contribution in [-0.2, 0) is 9.53 Å². The molecule has 0 atom stereocenters. The zero-order chi connectivity index (χ0) is 19.2. The van der Waals surface area contributed by atoms with E-state index in [1.165, 1.54) is 0 Å². The molecule has 1 aromatic rings. The van der Waals surface area contributed by atoms with E-state index in [0.717, 1.165) is 25.9 Å². The first-order valence-corrected chi connectivity index (χ1v) is 8.75. The number of rotatable bonds is 6. The Bertz CT molecular complexity index is 607. The highest BCUT2D eigenvalue weighted by atomic mass is 16.6. The molecule has 1 aliphatic rings. The van der Waals surface area contributed by atoms with Gasteiger partial charge in [-0.1, -0.05) is 0 Å². The third-order valence-corrected chi connectivity index (χ3v) is 3.80. The van der Waals surface area contributed by atoms with Gasteiger partial charge >= 0.3 is 12.1 Å². The molecule has 2 heterocycles. The normalized spacial score (nSPS) is 15.4. The minimum atomic E-state index is -0.849. The van der Waals surface area contributed by atoms with E-state index in [0.29, 0.717) is 18.2 Å². The average molecular weight is 365 g/mol. The second-order valence-electron chi connectivity index (χ2n) is 7.25. The lowest BCUT2D eigenvalue weighted by Gasteiger charge is -2.32. The summed E-state index contributed by atoms with van der Waals surface area (Å²) < 4.78 is 5.28. The molecule has 1 saturated heterocycles. The fourth-order valence-electron chi connectivity index (χ4n) is 2.59. The van der Waals surface area contributed by atoms with Crippen molar-refractivity contribution in [3.05, 3.63) is 12.4 Å². The first-order chi connectivity index (χ1) is 12.2. The van der Waals surface area contributed by atoms with Gasteiger partial charge in [0.05, 0.1) is 24.5 Å². The molecule has 0 aliphatic carbocycles. The Morgan fingerprint density at radius 3 is 2.42 bits per heavy atom. The Morgan fingerprint density at radius 1 is 1.27 bits per heavy atom. The maximum Gasteiger partial charge on any atom is 0.407 e. The smallest absolute Gasteiger partial charge is 0.407 e. The maximum atomic E-state index is 11.8. The number of aliphatic carboxylic acids is 1. The summed E-state index contributed by atoms with van der Waals surface area (Å²) in [7, 11) is 0. The van der Waals surface area contributed by atoms with Gasteiger partial charge in [0.25, 0.3) is 0 Å². The van der Waals surface area contributed by atoms with Crippen molar-refractivity contribution in [1.82, 2.24) is 15.3 Å². The largest absolute Gasteiger partial charge is 0.481 e. The molecule has 26 heavy (non-hydrogen) atoms. The van der Waals surface area contributed by atoms with Crippen LogP contribution in [0, 0.1) is 0 Å². The van der Waals surface area contributed by atoms with Gasteiger partial charge in [-0.25, -0.2) is 14.8 Å². The third-order valence-electron chi connectivity index (χ3n) is 3.80. The minimum absolute atomic E-state index is 0.0416. The van der Waals surface area contributed by atoms with Gasteiger partial charge in [-0.15, -0.1) is 0 Å². The summed E-state index contributed by atoms with van der Waals surface area (Å²) in [5, 5.41) is 14.5. The number of nitrogens with one attached hydrogen (secondary N) is 2. The van der Waals surface area contributed by atoms with E-state index in [1.54, 1.807) is 12.4 Å². The van der Waals surface area contributed by atoms with Crippen molar-refractivity contribution in [2.45, 2.75) is 51.7 Å². The van der Waals surface area contributed by atoms with Crippen LogP contribution in [0.25, 0.3) is 0 Å². The number of carbonyl (C=O) groups excluding carboxylic acids is 1. The summed E-state index contributed by atoms with van der Waals surface area (Å²) in [6, 6.07) is 0.0815. The highest BCUT2D eigenvalue weighted by Gasteiger charge is 2.24. The molecule has 1 amide bonds. The molecule has 1 aromatic heterocycles. The molecule has 1 fully saturated rings. The van der Waals surface area contributed by atoms with Gasteiger partial charge in [0.1, 0.15) is 5.60 Å². The second kappa shape index (κ2) is 8.68. The number of anilines is 2. The Kier molecular flexibility index (Phi) is 6.59. The van der Waals surface area contributed by atoms with Gasteiger partial charge in [-0.2, -0.15) is 0 Å². The molecular weight excluding hydrogens is 338 g/mol. The van der Waals surface area contributed by atoms with Crippen LogP contribution in [0.15, 0.2) is 12.4 Å². The molecule has 0 radical (unpaired) electrons. The molecule has 0 spiro atoms. The monoisotopic (exact) mass is 365 g/mol. The molecule has 0 saturated carbocycles. The van der Waals surface area contributed by atoms with Crippen LogP contribution in [0.1, 0.15) is 40.0 Å². The summed E-state index contributed by atoms with van der Waals surface area (Å²) in [6.45, 7) is 7.34. The standard InChI is InChI=1S/C17H27N5O4/c1-17(2,3)26-16(25)21-12-5-8-22(9-6-12)15-19-10-13(11-20-15)18-7-4-14(23)24/h10-12,18H,4-9H2,1-3H3,(H,21,25)(H,23,24). The van der Waals surface area contributed by atoms with Gasteiger partial charge in [0, 0.05) is 25.7 Å². The Morgan fingerprint density at radius 2 is 1.88 bits per heavy atom. The summed E-state index contributed by atoms with van der Waals surface area (Å²) in [6.07, 6.45) is 4.54. The number of hydrogen-bond donors (Lipinski definition) is 3. The Balaban J connectivity index is 1.77. The molecular formula is C17H27N5O4. The van der Waals surface area contributed by atoms with Crippen LogP contribution in [0.2, 0.25) is 0 Å². The molecule has 0 bridgehead atoms. The van der Waals surface area contributed by atoms with Gasteiger partial charge in [0.15, 0.2) is 0 Å². The number of piperidine rings is 1. The molecule has 2 rings (SSSR count). The van der Waals surface area contributed by atoms with Crippen molar-refractivity contribution >= 4 is 23.7 Å². The number of carbonyl (C=O) groups is 2. The van der Waals surface area contributed by atoms with Crippen molar-refractivity contribution in [1.29, 1.82) is 0 Å². The van der Waals surface area contributed by atoms with Crippen molar-refractivity contribution in [2.75, 3.05) is 29.9 Å². The predicted molar refractivity (Wildman–Crippen MR) is 97.4 cm³/mol. The van der Waals surface area contributed by atoms with E-state index in [9.17, 15) is 9.59 Å². The Labute approximate surface area is 153 Å². The number of amides is 1. The lowest BCUT2D eigenvalue weighted by Crippen LogP contribution is -2.46. The molecule has 1 aliphatic heterocycles. The molecule has 0 unspecified atom stereocenters. The summed E-state index contributed by atoms with van der Waals surface area (Å²) >= 11 is 0. The zero-order valence-corrected chi connectivity index (χ0v) is 15.5. The lowest BCUT2D eigenvalue weighted by atomic mass is 10.1. The van der Waals surface area contributed by atoms with Gasteiger partial charge < -0.3 is 25.4 Å². The fraction of sp³-hybridized carbons (Fsp3) is 0.647. The van der Waals surface area contributed by atoms with Crippen molar-refractivity contribution in [3.8, 4) is 0 Å². The van der Waals surface area contributed by atoms with E-state index in [1.807, 2.05) is 20.8 Å². The molecule has 3 N–H and O–H groups in total. The summed E-state index contributed by atoms with van der Waals surface area (Å²) in [5.41, 5.74) is 0.190. The fourth-order valence-corrected chi connectivity index (χ4v) is 2.59. The first kappa shape index (κ1) is 19.7. The van der Waals surface area contributed by atoms with E-state index in [4.69, 9.17) is 9.84 Å². The van der Waals surface area contributed by atoms with Gasteiger partial charge in [-0.05, 0) is 33.6 Å². The van der Waals surface area contributed by atoms with Crippen LogP contribution >= 0.6 is 0 Å². The van der Waals surface area contributed by atoms with E-state index < -0.39 is 11.6 Å². The maximum absolute atomic E-state index is 11.8. The van der Waals surface area contributed by atoms with Gasteiger partial charge in [-0.3, -0.25) is 4.79 Å². The lowest BCUT2D eigenvalue weighted by molar-refractivity contribution is -0.136. The predicted octanol–water partition coefficient (Wildman–Crippen LogP) is 1.86. The number of alkyl carbamates (subject to hydrolysis) is 1. The molecule has 0 aromatic carbocycles. The highest BCUT2D eigenvalue weighted by Crippen LogP contribution is 2.17. The zero-order valence-electron chi connectivity index (χ0n) is 15.5. The van der Waals surface area contributed by atoms with Crippen molar-refractivity contribution in [3.63, 3.8) is 0 Å². The number of ether oxygens (including phenoxy) is 1. The van der Waals surface area contributed by atoms with Gasteiger partial charge in [0.2, 0.25) is 5.95 Å². The third kappa shape index (κ3) is 6.73. The minimum Gasteiger partial charge on any atom is -0.481 e. The van der Waals surface area contributed by atoms with E-state index in [-0.39, 0.29) is 18.6 Å². The van der Waals surface area contributed by atoms with E-state index in [2.05, 4.69) is 25.5 Å². The highest BCUT2D eigenvalue weighted by molar-refractivity contribution is 5.68. The van der Waals surface area contributed by atoms with Crippen molar-refractivity contribution in [2.24, 2.45) is 0 Å². The number of aromatic nitrogens is 2. The Hall–Kier alpha value is -2.58. The van der Waals surface area contributed by atoms with Crippen LogP contribution < -0.4 is 15.5 Å². The average Bonchev–Trinajstić information content (AvgIpc) is 2.54. The number of carboxylic acids is 1. The van der Waals surface area contributed by atoms with Crippen LogP contribution in [0.4, 0.5) is 16.4 Å². The topological polar surface area (TPSA) is 117 Å². The quantitative estimate of drug-likeness (QED) is 0.699. The second-order valence-corrected chi connectivity index (χ2v) is 7.25.